The Hall–Kier alpha value is -0.990. The van der Waals surface area contributed by atoms with Gasteiger partial charge in [0.2, 0.25) is 0 Å². The van der Waals surface area contributed by atoms with Crippen molar-refractivity contribution >= 4 is 5.82 Å². The van der Waals surface area contributed by atoms with Crippen LogP contribution in [0.4, 0.5) is 5.82 Å². The first-order valence-electron chi connectivity index (χ1n) is 2.71. The Kier molecular flexibility index (Phi) is 0.614. The minimum Gasteiger partial charge on any atom is -0.368 e. The number of aromatic nitrogens is 2. The largest absolute Gasteiger partial charge is 0.368 e. The second kappa shape index (κ2) is 1.24. The molecule has 1 aromatic heterocycles. The van der Waals surface area contributed by atoms with Gasteiger partial charge in [-0.25, -0.2) is 4.98 Å². The zero-order chi connectivity index (χ0) is 5.40. The molecule has 0 bridgehead atoms. The highest BCUT2D eigenvalue weighted by Gasteiger charge is 2.05. The van der Waals surface area contributed by atoms with Crippen LogP contribution in [-0.2, 0) is 6.54 Å². The lowest BCUT2D eigenvalue weighted by atomic mass is 10.7. The van der Waals surface area contributed by atoms with Crippen molar-refractivity contribution in [3.8, 4) is 0 Å². The average molecular weight is 109 g/mol. The molecule has 0 aliphatic carbocycles. The Morgan fingerprint density at radius 2 is 2.75 bits per heavy atom. The third-order valence-electron chi connectivity index (χ3n) is 1.37. The molecule has 0 saturated heterocycles. The van der Waals surface area contributed by atoms with E-state index in [4.69, 9.17) is 0 Å². The molecule has 3 heteroatoms. The summed E-state index contributed by atoms with van der Waals surface area (Å²) >= 11 is 0. The molecule has 2 rings (SSSR count). The van der Waals surface area contributed by atoms with Gasteiger partial charge in [0.1, 0.15) is 5.82 Å². The van der Waals surface area contributed by atoms with Crippen molar-refractivity contribution < 1.29 is 0 Å². The fraction of sp³-hybridized carbons (Fsp3) is 0.400. The third kappa shape index (κ3) is 0.358. The van der Waals surface area contributed by atoms with Crippen molar-refractivity contribution in [3.63, 3.8) is 0 Å². The lowest BCUT2D eigenvalue weighted by Gasteiger charge is -1.86. The van der Waals surface area contributed by atoms with Gasteiger partial charge >= 0.3 is 0 Å². The molecule has 0 atom stereocenters. The normalized spacial score (nSPS) is 15.5. The van der Waals surface area contributed by atoms with E-state index in [0.717, 1.165) is 18.9 Å². The molecule has 0 amide bonds. The van der Waals surface area contributed by atoms with Gasteiger partial charge in [-0.2, -0.15) is 0 Å². The first-order chi connectivity index (χ1) is 3.97. The summed E-state index contributed by atoms with van der Waals surface area (Å²) in [6.45, 7) is 2.12. The summed E-state index contributed by atoms with van der Waals surface area (Å²) in [4.78, 5) is 3.94. The van der Waals surface area contributed by atoms with Crippen LogP contribution in [0.5, 0.6) is 0 Å². The number of nitrogens with zero attached hydrogens (tertiary/aromatic N) is 2. The highest BCUT2D eigenvalue weighted by atomic mass is 15.2. The van der Waals surface area contributed by atoms with Crippen LogP contribution in [0.15, 0.2) is 12.5 Å². The van der Waals surface area contributed by atoms with E-state index in [1.807, 2.05) is 12.5 Å². The van der Waals surface area contributed by atoms with Crippen molar-refractivity contribution in [2.75, 3.05) is 11.9 Å². The van der Waals surface area contributed by atoms with Gasteiger partial charge in [0.15, 0.2) is 0 Å². The molecule has 0 aromatic carbocycles. The summed E-state index contributed by atoms with van der Waals surface area (Å²) in [5, 5.41) is 3.18. The molecule has 1 N–H and O–H groups in total. The van der Waals surface area contributed by atoms with Crippen molar-refractivity contribution in [1.82, 2.24) is 9.55 Å². The first-order valence-corrected chi connectivity index (χ1v) is 2.71. The van der Waals surface area contributed by atoms with Crippen molar-refractivity contribution in [2.24, 2.45) is 0 Å². The number of nitrogens with one attached hydrogen (secondary N) is 1. The van der Waals surface area contributed by atoms with Crippen molar-refractivity contribution in [3.05, 3.63) is 12.5 Å². The molecule has 3 nitrogen and oxygen atoms in total. The fourth-order valence-corrected chi connectivity index (χ4v) is 0.951. The monoisotopic (exact) mass is 109 g/mol. The van der Waals surface area contributed by atoms with Gasteiger partial charge in [0, 0.05) is 13.1 Å². The predicted molar refractivity (Wildman–Crippen MR) is 30.7 cm³/mol. The van der Waals surface area contributed by atoms with Gasteiger partial charge in [0.25, 0.3) is 0 Å². The van der Waals surface area contributed by atoms with Crippen LogP contribution in [-0.4, -0.2) is 16.1 Å². The van der Waals surface area contributed by atoms with E-state index in [-0.39, 0.29) is 0 Å². The van der Waals surface area contributed by atoms with Crippen LogP contribution in [0.2, 0.25) is 0 Å². The lowest BCUT2D eigenvalue weighted by Crippen LogP contribution is -1.92. The van der Waals surface area contributed by atoms with E-state index >= 15 is 0 Å². The van der Waals surface area contributed by atoms with Crippen LogP contribution in [0.25, 0.3) is 0 Å². The fourth-order valence-electron chi connectivity index (χ4n) is 0.951. The molecular formula is C5H7N3. The number of imidazole rings is 1. The average Bonchev–Trinajstić information content (AvgIpc) is 2.15. The smallest absolute Gasteiger partial charge is 0.126 e. The van der Waals surface area contributed by atoms with E-state index in [1.165, 1.54) is 0 Å². The van der Waals surface area contributed by atoms with Gasteiger partial charge < -0.3 is 9.88 Å². The van der Waals surface area contributed by atoms with Crippen LogP contribution < -0.4 is 5.32 Å². The highest BCUT2D eigenvalue weighted by Crippen LogP contribution is 2.10. The Morgan fingerprint density at radius 3 is 3.62 bits per heavy atom. The predicted octanol–water partition coefficient (Wildman–Crippen LogP) is 0.309. The molecule has 1 aliphatic heterocycles. The van der Waals surface area contributed by atoms with E-state index in [9.17, 15) is 0 Å². The molecular weight excluding hydrogens is 102 g/mol. The topological polar surface area (TPSA) is 29.9 Å². The molecule has 0 fully saturated rings. The van der Waals surface area contributed by atoms with Gasteiger partial charge in [-0.1, -0.05) is 0 Å². The number of fused-ring (bicyclic) bond motifs is 1. The highest BCUT2D eigenvalue weighted by molar-refractivity contribution is 5.35. The molecule has 0 spiro atoms. The van der Waals surface area contributed by atoms with E-state index < -0.39 is 0 Å². The Labute approximate surface area is 47.3 Å². The Morgan fingerprint density at radius 1 is 1.75 bits per heavy atom. The van der Waals surface area contributed by atoms with E-state index in [2.05, 4.69) is 14.9 Å². The van der Waals surface area contributed by atoms with E-state index in [1.54, 1.807) is 0 Å². The molecule has 42 valence electrons. The number of anilines is 1. The van der Waals surface area contributed by atoms with Crippen LogP contribution in [0.1, 0.15) is 0 Å². The Bertz CT molecular complexity index is 173. The summed E-state index contributed by atoms with van der Waals surface area (Å²) in [5.41, 5.74) is 0. The molecule has 0 radical (unpaired) electrons. The molecule has 1 aliphatic rings. The summed E-state index contributed by atoms with van der Waals surface area (Å²) in [7, 11) is 0. The van der Waals surface area contributed by atoms with Gasteiger partial charge in [-0.15, -0.1) is 0 Å². The molecule has 8 heavy (non-hydrogen) atoms. The van der Waals surface area contributed by atoms with Crippen LogP contribution in [0, 0.1) is 0 Å². The zero-order valence-electron chi connectivity index (χ0n) is 4.46. The van der Waals surface area contributed by atoms with Crippen LogP contribution >= 0.6 is 0 Å². The first kappa shape index (κ1) is 3.95. The quantitative estimate of drug-likeness (QED) is 0.519. The lowest BCUT2D eigenvalue weighted by molar-refractivity contribution is 0.799. The standard InChI is InChI=1S/C5H7N3/c1-2-8-4-6-3-5(8)7-1/h3-4,7H,1-2H2. The number of rotatable bonds is 0. The second-order valence-corrected chi connectivity index (χ2v) is 1.90. The number of hydrogen-bond donors (Lipinski definition) is 1. The van der Waals surface area contributed by atoms with Gasteiger partial charge in [-0.05, 0) is 0 Å². The summed E-state index contributed by atoms with van der Waals surface area (Å²) in [5.74, 6) is 1.14. The maximum atomic E-state index is 3.94. The van der Waals surface area contributed by atoms with Gasteiger partial charge in [-0.3, -0.25) is 0 Å². The van der Waals surface area contributed by atoms with E-state index in [0.29, 0.717) is 0 Å². The summed E-state index contributed by atoms with van der Waals surface area (Å²) in [6.07, 6.45) is 3.68. The maximum Gasteiger partial charge on any atom is 0.126 e. The minimum atomic E-state index is 1.05. The third-order valence-corrected chi connectivity index (χ3v) is 1.37. The molecule has 2 heterocycles. The van der Waals surface area contributed by atoms with Crippen LogP contribution in [0.3, 0.4) is 0 Å². The van der Waals surface area contributed by atoms with Gasteiger partial charge in [0.05, 0.1) is 12.5 Å². The van der Waals surface area contributed by atoms with Crippen molar-refractivity contribution in [1.29, 1.82) is 0 Å². The molecule has 1 aromatic rings. The molecule has 0 unspecified atom stereocenters. The SMILES string of the molecule is c1ncn2c1NCC2. The van der Waals surface area contributed by atoms with Crippen molar-refractivity contribution in [2.45, 2.75) is 6.54 Å². The minimum absolute atomic E-state index is 1.05. The summed E-state index contributed by atoms with van der Waals surface area (Å²) < 4.78 is 2.10. The Balaban J connectivity index is 2.54. The summed E-state index contributed by atoms with van der Waals surface area (Å²) in [6, 6.07) is 0. The maximum absolute atomic E-state index is 3.94. The second-order valence-electron chi connectivity index (χ2n) is 1.90. The number of hydrogen-bond acceptors (Lipinski definition) is 2. The molecule has 0 saturated carbocycles. The zero-order valence-corrected chi connectivity index (χ0v) is 4.46.